The lowest BCUT2D eigenvalue weighted by Gasteiger charge is -2.39. The van der Waals surface area contributed by atoms with Crippen LogP contribution in [0.2, 0.25) is 0 Å². The first-order valence-electron chi connectivity index (χ1n) is 6.03. The van der Waals surface area contributed by atoms with Gasteiger partial charge in [0.15, 0.2) is 0 Å². The lowest BCUT2D eigenvalue weighted by molar-refractivity contribution is -0.309. The standard InChI is InChI=1S/C11H17NO9/c13-6-3-21-11(20,9(17)8(6)16)4-12-5(10(18)19)1-2-7(14)15/h4-6,8-9,13,16-17,20H,1-3H2,(H,14,15)(H,18,19)/p-2/t5-,6+,8+,9-,11+/m0/s1. The van der Waals surface area contributed by atoms with Crippen LogP contribution >= 0.6 is 0 Å². The third kappa shape index (κ3) is 4.44. The highest BCUT2D eigenvalue weighted by Crippen LogP contribution is 2.22. The summed E-state index contributed by atoms with van der Waals surface area (Å²) in [4.78, 5) is 24.4. The van der Waals surface area contributed by atoms with Crippen LogP contribution in [-0.2, 0) is 14.3 Å². The number of carbonyl (C=O) groups excluding carboxylic acids is 2. The van der Waals surface area contributed by atoms with Crippen LogP contribution in [-0.4, -0.2) is 75.3 Å². The molecule has 0 radical (unpaired) electrons. The molecule has 1 heterocycles. The normalized spacial score (nSPS) is 34.8. The maximum atomic E-state index is 10.8. The summed E-state index contributed by atoms with van der Waals surface area (Å²) in [5, 5.41) is 59.2. The van der Waals surface area contributed by atoms with Crippen molar-refractivity contribution in [3.05, 3.63) is 0 Å². The molecular formula is C11H15NO9-2. The predicted molar refractivity (Wildman–Crippen MR) is 60.5 cm³/mol. The molecule has 1 aliphatic heterocycles. The van der Waals surface area contributed by atoms with Crippen molar-refractivity contribution in [1.82, 2.24) is 0 Å². The Hall–Kier alpha value is -1.59. The topological polar surface area (TPSA) is 183 Å². The monoisotopic (exact) mass is 305 g/mol. The average Bonchev–Trinajstić information content (AvgIpc) is 2.40. The van der Waals surface area contributed by atoms with Gasteiger partial charge in [-0.25, -0.2) is 0 Å². The number of carbonyl (C=O) groups is 2. The lowest BCUT2D eigenvalue weighted by atomic mass is 9.97. The lowest BCUT2D eigenvalue weighted by Crippen LogP contribution is -2.61. The van der Waals surface area contributed by atoms with E-state index in [2.05, 4.69) is 4.99 Å². The second-order valence-corrected chi connectivity index (χ2v) is 4.59. The molecule has 0 amide bonds. The van der Waals surface area contributed by atoms with Gasteiger partial charge in [0.25, 0.3) is 0 Å². The van der Waals surface area contributed by atoms with Crippen LogP contribution in [0.3, 0.4) is 0 Å². The summed E-state index contributed by atoms with van der Waals surface area (Å²) in [6, 6.07) is -1.60. The molecule has 0 saturated carbocycles. The van der Waals surface area contributed by atoms with Crippen molar-refractivity contribution >= 4 is 18.2 Å². The Kier molecular flexibility index (Phi) is 5.75. The van der Waals surface area contributed by atoms with E-state index in [1.165, 1.54) is 0 Å². The SMILES string of the molecule is O=C([O-])CC[C@H](N=C[C@@]1(O)OC[C@@H](O)[C@@H](O)[C@@H]1O)C(=O)[O-]. The van der Waals surface area contributed by atoms with Crippen LogP contribution in [0.1, 0.15) is 12.8 Å². The molecule has 0 aliphatic carbocycles. The largest absolute Gasteiger partial charge is 0.550 e. The first kappa shape index (κ1) is 17.5. The fourth-order valence-corrected chi connectivity index (χ4v) is 1.68. The Balaban J connectivity index is 2.79. The Morgan fingerprint density at radius 1 is 1.38 bits per heavy atom. The fourth-order valence-electron chi connectivity index (χ4n) is 1.68. The number of carboxylic acid groups (broad SMARTS) is 2. The van der Waals surface area contributed by atoms with Gasteiger partial charge in [-0.3, -0.25) is 4.99 Å². The number of aliphatic imine (C=N–C) groups is 1. The predicted octanol–water partition coefficient (Wildman–Crippen LogP) is -5.49. The molecule has 120 valence electrons. The van der Waals surface area contributed by atoms with E-state index in [-0.39, 0.29) is 0 Å². The molecule has 0 aromatic rings. The first-order chi connectivity index (χ1) is 9.67. The van der Waals surface area contributed by atoms with Crippen molar-refractivity contribution in [3.63, 3.8) is 0 Å². The van der Waals surface area contributed by atoms with Crippen molar-refractivity contribution in [2.45, 2.75) is 43.0 Å². The quantitative estimate of drug-likeness (QED) is 0.347. The van der Waals surface area contributed by atoms with E-state index in [0.29, 0.717) is 6.21 Å². The van der Waals surface area contributed by atoms with Gasteiger partial charge in [0.2, 0.25) is 5.79 Å². The summed E-state index contributed by atoms with van der Waals surface area (Å²) in [6.45, 7) is -0.518. The first-order valence-corrected chi connectivity index (χ1v) is 6.03. The highest BCUT2D eigenvalue weighted by Gasteiger charge is 2.47. The zero-order valence-electron chi connectivity index (χ0n) is 10.8. The summed E-state index contributed by atoms with van der Waals surface area (Å²) < 4.78 is 4.72. The average molecular weight is 305 g/mol. The van der Waals surface area contributed by atoms with E-state index >= 15 is 0 Å². The number of aliphatic hydroxyl groups excluding tert-OH is 3. The zero-order valence-corrected chi connectivity index (χ0v) is 10.8. The van der Waals surface area contributed by atoms with Crippen molar-refractivity contribution in [2.75, 3.05) is 6.61 Å². The van der Waals surface area contributed by atoms with E-state index in [4.69, 9.17) is 4.74 Å². The Morgan fingerprint density at radius 3 is 2.52 bits per heavy atom. The van der Waals surface area contributed by atoms with Gasteiger partial charge in [-0.1, -0.05) is 0 Å². The molecule has 0 aromatic heterocycles. The van der Waals surface area contributed by atoms with Gasteiger partial charge in [-0.2, -0.15) is 0 Å². The third-order valence-electron chi connectivity index (χ3n) is 2.96. The second kappa shape index (κ2) is 6.91. The fraction of sp³-hybridized carbons (Fsp3) is 0.727. The molecule has 4 N–H and O–H groups in total. The molecule has 5 atom stereocenters. The number of aliphatic carboxylic acids is 2. The number of hydrogen-bond acceptors (Lipinski definition) is 10. The van der Waals surface area contributed by atoms with Gasteiger partial charge in [-0.15, -0.1) is 0 Å². The van der Waals surface area contributed by atoms with Crippen LogP contribution in [0.15, 0.2) is 4.99 Å². The molecule has 21 heavy (non-hydrogen) atoms. The van der Waals surface area contributed by atoms with Crippen molar-refractivity contribution in [1.29, 1.82) is 0 Å². The Bertz CT molecular complexity index is 426. The highest BCUT2D eigenvalue weighted by atomic mass is 16.6. The van der Waals surface area contributed by atoms with Crippen LogP contribution in [0.25, 0.3) is 0 Å². The van der Waals surface area contributed by atoms with E-state index < -0.39 is 61.5 Å². The summed E-state index contributed by atoms with van der Waals surface area (Å²) in [6.07, 6.45) is -5.63. The summed E-state index contributed by atoms with van der Waals surface area (Å²) in [5.41, 5.74) is 0. The highest BCUT2D eigenvalue weighted by molar-refractivity contribution is 5.77. The molecule has 0 spiro atoms. The minimum atomic E-state index is -2.51. The van der Waals surface area contributed by atoms with Gasteiger partial charge in [-0.05, 0) is 12.8 Å². The minimum absolute atomic E-state index is 0.446. The molecule has 0 aromatic carbocycles. The van der Waals surface area contributed by atoms with Crippen LogP contribution in [0.5, 0.6) is 0 Å². The molecule has 10 nitrogen and oxygen atoms in total. The summed E-state index contributed by atoms with van der Waals surface area (Å²) >= 11 is 0. The summed E-state index contributed by atoms with van der Waals surface area (Å²) in [5.74, 6) is -5.68. The molecular weight excluding hydrogens is 290 g/mol. The van der Waals surface area contributed by atoms with Crippen molar-refractivity contribution < 1.29 is 45.0 Å². The Morgan fingerprint density at radius 2 is 2.00 bits per heavy atom. The van der Waals surface area contributed by atoms with E-state index in [0.717, 1.165) is 0 Å². The van der Waals surface area contributed by atoms with Crippen molar-refractivity contribution in [3.8, 4) is 0 Å². The molecule has 1 saturated heterocycles. The minimum Gasteiger partial charge on any atom is -0.550 e. The molecule has 0 unspecified atom stereocenters. The summed E-state index contributed by atoms with van der Waals surface area (Å²) in [7, 11) is 0. The van der Waals surface area contributed by atoms with Gasteiger partial charge >= 0.3 is 0 Å². The number of aliphatic hydroxyl groups is 4. The van der Waals surface area contributed by atoms with Gasteiger partial charge in [0, 0.05) is 5.97 Å². The maximum absolute atomic E-state index is 10.8. The molecule has 1 rings (SSSR count). The van der Waals surface area contributed by atoms with E-state index in [1.807, 2.05) is 0 Å². The number of ether oxygens (including phenoxy) is 1. The number of carboxylic acids is 2. The third-order valence-corrected chi connectivity index (χ3v) is 2.96. The van der Waals surface area contributed by atoms with Crippen LogP contribution in [0.4, 0.5) is 0 Å². The molecule has 10 heteroatoms. The number of nitrogens with zero attached hydrogens (tertiary/aromatic N) is 1. The van der Waals surface area contributed by atoms with Crippen LogP contribution in [0, 0.1) is 0 Å². The molecule has 0 bridgehead atoms. The molecule has 1 fully saturated rings. The zero-order chi connectivity index (χ0) is 16.2. The van der Waals surface area contributed by atoms with Crippen LogP contribution < -0.4 is 10.2 Å². The van der Waals surface area contributed by atoms with Gasteiger partial charge < -0.3 is 45.0 Å². The smallest absolute Gasteiger partial charge is 0.232 e. The number of hydrogen-bond donors (Lipinski definition) is 4. The van der Waals surface area contributed by atoms with Gasteiger partial charge in [0.1, 0.15) is 18.3 Å². The number of rotatable bonds is 6. The van der Waals surface area contributed by atoms with E-state index in [1.54, 1.807) is 0 Å². The van der Waals surface area contributed by atoms with Crippen molar-refractivity contribution in [2.24, 2.45) is 4.99 Å². The Labute approximate surface area is 118 Å². The maximum Gasteiger partial charge on any atom is 0.232 e. The molecule has 1 aliphatic rings. The second-order valence-electron chi connectivity index (χ2n) is 4.59. The van der Waals surface area contributed by atoms with E-state index in [9.17, 15) is 40.2 Å². The van der Waals surface area contributed by atoms with Gasteiger partial charge in [0.05, 0.1) is 24.8 Å².